The molecule has 4 rings (SSSR count). The van der Waals surface area contributed by atoms with E-state index < -0.39 is 5.54 Å². The van der Waals surface area contributed by atoms with Crippen LogP contribution in [0.1, 0.15) is 36.1 Å². The van der Waals surface area contributed by atoms with E-state index in [1.807, 2.05) is 41.3 Å². The van der Waals surface area contributed by atoms with E-state index in [9.17, 15) is 4.79 Å². The summed E-state index contributed by atoms with van der Waals surface area (Å²) in [5.41, 5.74) is 5.64. The van der Waals surface area contributed by atoms with Crippen molar-refractivity contribution < 1.29 is 4.79 Å². The molecule has 0 aliphatic carbocycles. The molecule has 3 heteroatoms. The van der Waals surface area contributed by atoms with Crippen LogP contribution in [-0.4, -0.2) is 16.5 Å². The van der Waals surface area contributed by atoms with Gasteiger partial charge in [-0.25, -0.2) is 4.79 Å². The second-order valence-corrected chi connectivity index (χ2v) is 8.40. The SMILES string of the molecule is C=Cc1ccccc1N1C(=C)C(C)(C)N(Cc2ccccc2Cc2ccccc2)C1=O. The predicted octanol–water partition coefficient (Wildman–Crippen LogP) is 6.65. The number of hydrogen-bond donors (Lipinski definition) is 0. The monoisotopic (exact) mass is 408 g/mol. The minimum Gasteiger partial charge on any atom is -0.309 e. The van der Waals surface area contributed by atoms with Gasteiger partial charge in [-0.3, -0.25) is 4.90 Å². The maximum Gasteiger partial charge on any atom is 0.329 e. The molecule has 0 aromatic heterocycles. The van der Waals surface area contributed by atoms with Crippen LogP contribution < -0.4 is 4.90 Å². The van der Waals surface area contributed by atoms with Crippen LogP contribution in [0.2, 0.25) is 0 Å². The fraction of sp³-hybridized carbons (Fsp3) is 0.179. The lowest BCUT2D eigenvalue weighted by molar-refractivity contribution is 0.179. The normalized spacial score (nSPS) is 15.4. The number of nitrogens with zero attached hydrogens (tertiary/aromatic N) is 2. The Kier molecular flexibility index (Phi) is 5.51. The van der Waals surface area contributed by atoms with E-state index in [4.69, 9.17) is 0 Å². The van der Waals surface area contributed by atoms with Gasteiger partial charge in [0.25, 0.3) is 0 Å². The molecule has 1 saturated heterocycles. The zero-order chi connectivity index (χ0) is 22.0. The van der Waals surface area contributed by atoms with E-state index in [1.54, 1.807) is 11.0 Å². The van der Waals surface area contributed by atoms with Gasteiger partial charge in [0.05, 0.1) is 11.2 Å². The highest BCUT2D eigenvalue weighted by Crippen LogP contribution is 2.40. The van der Waals surface area contributed by atoms with Gasteiger partial charge in [-0.2, -0.15) is 0 Å². The lowest BCUT2D eigenvalue weighted by Crippen LogP contribution is -2.41. The second kappa shape index (κ2) is 8.27. The van der Waals surface area contributed by atoms with Gasteiger partial charge < -0.3 is 4.90 Å². The molecule has 31 heavy (non-hydrogen) atoms. The third-order valence-electron chi connectivity index (χ3n) is 6.15. The van der Waals surface area contributed by atoms with Crippen LogP contribution in [0.5, 0.6) is 0 Å². The molecule has 0 bridgehead atoms. The van der Waals surface area contributed by atoms with Gasteiger partial charge in [0.2, 0.25) is 0 Å². The van der Waals surface area contributed by atoms with E-state index in [0.29, 0.717) is 6.54 Å². The van der Waals surface area contributed by atoms with Gasteiger partial charge in [-0.1, -0.05) is 92.0 Å². The third-order valence-corrected chi connectivity index (χ3v) is 6.15. The Labute approximate surface area is 184 Å². The van der Waals surface area contributed by atoms with Crippen molar-refractivity contribution in [2.75, 3.05) is 4.90 Å². The largest absolute Gasteiger partial charge is 0.329 e. The van der Waals surface area contributed by atoms with Crippen LogP contribution in [-0.2, 0) is 13.0 Å². The van der Waals surface area contributed by atoms with Crippen molar-refractivity contribution in [2.45, 2.75) is 32.4 Å². The summed E-state index contributed by atoms with van der Waals surface area (Å²) in [4.78, 5) is 17.3. The number of anilines is 1. The Morgan fingerprint density at radius 2 is 1.48 bits per heavy atom. The molecule has 1 heterocycles. The Hall–Kier alpha value is -3.59. The smallest absolute Gasteiger partial charge is 0.309 e. The molecule has 0 atom stereocenters. The fourth-order valence-electron chi connectivity index (χ4n) is 4.15. The number of carbonyl (C=O) groups is 1. The van der Waals surface area contributed by atoms with E-state index in [1.165, 1.54) is 11.1 Å². The first kappa shape index (κ1) is 20.7. The van der Waals surface area contributed by atoms with Crippen molar-refractivity contribution in [1.29, 1.82) is 0 Å². The zero-order valence-electron chi connectivity index (χ0n) is 18.2. The Balaban J connectivity index is 1.67. The lowest BCUT2D eigenvalue weighted by Gasteiger charge is -2.31. The summed E-state index contributed by atoms with van der Waals surface area (Å²) in [6.07, 6.45) is 2.62. The van der Waals surface area contributed by atoms with E-state index in [2.05, 4.69) is 69.5 Å². The summed E-state index contributed by atoms with van der Waals surface area (Å²) < 4.78 is 0. The van der Waals surface area contributed by atoms with Gasteiger partial charge in [0.1, 0.15) is 0 Å². The highest BCUT2D eigenvalue weighted by molar-refractivity contribution is 6.01. The first-order valence-corrected chi connectivity index (χ1v) is 10.6. The standard InChI is InChI=1S/C28H28N2O/c1-5-23-15-11-12-18-26(23)30-21(2)28(3,4)29(27(30)31)20-25-17-10-9-16-24(25)19-22-13-7-6-8-14-22/h5-18H,1-2,19-20H2,3-4H3. The van der Waals surface area contributed by atoms with Crippen molar-refractivity contribution in [1.82, 2.24) is 4.90 Å². The summed E-state index contributed by atoms with van der Waals surface area (Å²) in [7, 11) is 0. The van der Waals surface area contributed by atoms with Crippen molar-refractivity contribution in [3.05, 3.63) is 120 Å². The molecule has 3 aromatic carbocycles. The third kappa shape index (κ3) is 3.79. The summed E-state index contributed by atoms with van der Waals surface area (Å²) in [5, 5.41) is 0. The summed E-state index contributed by atoms with van der Waals surface area (Å²) >= 11 is 0. The highest BCUT2D eigenvalue weighted by Gasteiger charge is 2.47. The van der Waals surface area contributed by atoms with E-state index >= 15 is 0 Å². The molecule has 0 N–H and O–H groups in total. The minimum atomic E-state index is -0.509. The number of hydrogen-bond acceptors (Lipinski definition) is 1. The summed E-state index contributed by atoms with van der Waals surface area (Å²) in [6.45, 7) is 12.9. The molecule has 2 amide bonds. The number of para-hydroxylation sites is 1. The van der Waals surface area contributed by atoms with Crippen molar-refractivity contribution in [3.63, 3.8) is 0 Å². The average Bonchev–Trinajstić information content (AvgIpc) is 2.95. The van der Waals surface area contributed by atoms with Gasteiger partial charge in [-0.05, 0) is 48.6 Å². The molecule has 1 fully saturated rings. The van der Waals surface area contributed by atoms with Crippen LogP contribution >= 0.6 is 0 Å². The van der Waals surface area contributed by atoms with Crippen molar-refractivity contribution >= 4 is 17.8 Å². The van der Waals surface area contributed by atoms with Gasteiger partial charge in [-0.15, -0.1) is 0 Å². The average molecular weight is 409 g/mol. The van der Waals surface area contributed by atoms with Crippen LogP contribution in [0.4, 0.5) is 10.5 Å². The molecule has 3 nitrogen and oxygen atoms in total. The van der Waals surface area contributed by atoms with Crippen molar-refractivity contribution in [2.24, 2.45) is 0 Å². The number of rotatable bonds is 6. The van der Waals surface area contributed by atoms with Gasteiger partial charge in [0.15, 0.2) is 0 Å². The molecular weight excluding hydrogens is 380 g/mol. The lowest BCUT2D eigenvalue weighted by atomic mass is 9.96. The number of carbonyl (C=O) groups excluding carboxylic acids is 1. The molecule has 3 aromatic rings. The van der Waals surface area contributed by atoms with Crippen LogP contribution in [0.25, 0.3) is 6.08 Å². The minimum absolute atomic E-state index is 0.0567. The second-order valence-electron chi connectivity index (χ2n) is 8.40. The fourth-order valence-corrected chi connectivity index (χ4v) is 4.15. The number of amides is 2. The zero-order valence-corrected chi connectivity index (χ0v) is 18.2. The summed E-state index contributed by atoms with van der Waals surface area (Å²) in [6, 6.07) is 26.5. The van der Waals surface area contributed by atoms with Gasteiger partial charge in [0, 0.05) is 12.2 Å². The summed E-state index contributed by atoms with van der Waals surface area (Å²) in [5.74, 6) is 0. The molecule has 1 aliphatic rings. The Bertz CT molecular complexity index is 1130. The molecule has 0 spiro atoms. The molecule has 0 unspecified atom stereocenters. The molecular formula is C28H28N2O. The van der Waals surface area contributed by atoms with Crippen molar-refractivity contribution in [3.8, 4) is 0 Å². The highest BCUT2D eigenvalue weighted by atomic mass is 16.2. The predicted molar refractivity (Wildman–Crippen MR) is 129 cm³/mol. The van der Waals surface area contributed by atoms with Crippen LogP contribution in [0.3, 0.4) is 0 Å². The van der Waals surface area contributed by atoms with Crippen LogP contribution in [0, 0.1) is 0 Å². The molecule has 0 saturated carbocycles. The van der Waals surface area contributed by atoms with E-state index in [-0.39, 0.29) is 6.03 Å². The molecule has 0 radical (unpaired) electrons. The Morgan fingerprint density at radius 3 is 2.19 bits per heavy atom. The van der Waals surface area contributed by atoms with E-state index in [0.717, 1.165) is 28.9 Å². The first-order valence-electron chi connectivity index (χ1n) is 10.6. The van der Waals surface area contributed by atoms with Gasteiger partial charge >= 0.3 is 6.03 Å². The maximum absolute atomic E-state index is 13.6. The number of benzene rings is 3. The molecule has 156 valence electrons. The topological polar surface area (TPSA) is 23.6 Å². The first-order chi connectivity index (χ1) is 14.9. The quantitative estimate of drug-likeness (QED) is 0.448. The number of urea groups is 1. The Morgan fingerprint density at radius 1 is 0.871 bits per heavy atom. The maximum atomic E-state index is 13.6. The molecule has 1 aliphatic heterocycles. The van der Waals surface area contributed by atoms with Crippen LogP contribution in [0.15, 0.2) is 97.7 Å².